The number of hydrogen-bond acceptors (Lipinski definition) is 3. The second-order valence-electron chi connectivity index (χ2n) is 7.70. The molecule has 0 aliphatic heterocycles. The van der Waals surface area contributed by atoms with Crippen LogP contribution in [-0.4, -0.2) is 36.4 Å². The number of amides is 2. The van der Waals surface area contributed by atoms with Crippen molar-refractivity contribution < 1.29 is 18.7 Å². The zero-order valence-electron chi connectivity index (χ0n) is 18.7. The Morgan fingerprint density at radius 2 is 1.58 bits per heavy atom. The first kappa shape index (κ1) is 24.0. The predicted molar refractivity (Wildman–Crippen MR) is 126 cm³/mol. The Labute approximate surface area is 194 Å². The Morgan fingerprint density at radius 3 is 2.24 bits per heavy atom. The molecule has 0 bridgehead atoms. The van der Waals surface area contributed by atoms with Crippen LogP contribution in [0.1, 0.15) is 24.0 Å². The number of benzene rings is 3. The number of carbonyl (C=O) groups is 2. The minimum Gasteiger partial charge on any atom is -0.494 e. The molecule has 3 aromatic carbocycles. The fourth-order valence-electron chi connectivity index (χ4n) is 3.60. The lowest BCUT2D eigenvalue weighted by Crippen LogP contribution is -2.49. The highest BCUT2D eigenvalue weighted by Crippen LogP contribution is 2.18. The molecule has 33 heavy (non-hydrogen) atoms. The van der Waals surface area contributed by atoms with Crippen LogP contribution in [0.3, 0.4) is 0 Å². The van der Waals surface area contributed by atoms with Gasteiger partial charge in [0.15, 0.2) is 0 Å². The number of para-hydroxylation sites is 1. The van der Waals surface area contributed by atoms with Crippen molar-refractivity contribution in [1.82, 2.24) is 10.2 Å². The average molecular weight is 449 g/mol. The Morgan fingerprint density at radius 1 is 0.939 bits per heavy atom. The van der Waals surface area contributed by atoms with E-state index in [1.54, 1.807) is 25.2 Å². The lowest BCUT2D eigenvalue weighted by atomic mass is 10.0. The molecule has 0 aliphatic rings. The maximum atomic E-state index is 14.4. The summed E-state index contributed by atoms with van der Waals surface area (Å²) in [7, 11) is 1.54. The van der Waals surface area contributed by atoms with Crippen molar-refractivity contribution in [2.45, 2.75) is 31.8 Å². The van der Waals surface area contributed by atoms with E-state index in [-0.39, 0.29) is 24.8 Å². The molecule has 172 valence electrons. The topological polar surface area (TPSA) is 58.6 Å². The molecule has 5 nitrogen and oxygen atoms in total. The van der Waals surface area contributed by atoms with Crippen LogP contribution in [0.15, 0.2) is 84.9 Å². The number of ether oxygens (including phenoxy) is 1. The van der Waals surface area contributed by atoms with Gasteiger partial charge in [-0.05, 0) is 30.2 Å². The minimum absolute atomic E-state index is 0.00989. The van der Waals surface area contributed by atoms with Crippen molar-refractivity contribution >= 4 is 11.8 Å². The van der Waals surface area contributed by atoms with Crippen LogP contribution in [0.4, 0.5) is 4.39 Å². The zero-order chi connectivity index (χ0) is 23.5. The molecule has 1 atom stereocenters. The predicted octanol–water partition coefficient (Wildman–Crippen LogP) is 4.37. The van der Waals surface area contributed by atoms with Gasteiger partial charge in [-0.25, -0.2) is 4.39 Å². The van der Waals surface area contributed by atoms with Gasteiger partial charge in [-0.3, -0.25) is 9.59 Å². The summed E-state index contributed by atoms with van der Waals surface area (Å²) < 4.78 is 20.1. The van der Waals surface area contributed by atoms with Gasteiger partial charge in [0.2, 0.25) is 11.8 Å². The van der Waals surface area contributed by atoms with Gasteiger partial charge in [-0.15, -0.1) is 0 Å². The second-order valence-corrected chi connectivity index (χ2v) is 7.70. The SMILES string of the molecule is CNC(=O)C(Cc1ccccc1)N(Cc1ccccc1F)C(=O)CCCOc1ccccc1. The molecule has 0 radical (unpaired) electrons. The largest absolute Gasteiger partial charge is 0.494 e. The van der Waals surface area contributed by atoms with Gasteiger partial charge in [0.1, 0.15) is 17.6 Å². The Bertz CT molecular complexity index is 1030. The van der Waals surface area contributed by atoms with Gasteiger partial charge >= 0.3 is 0 Å². The lowest BCUT2D eigenvalue weighted by molar-refractivity contribution is -0.141. The van der Waals surface area contributed by atoms with E-state index < -0.39 is 11.9 Å². The second kappa shape index (κ2) is 12.4. The standard InChI is InChI=1S/C27H29FN2O3/c1-29-27(32)25(19-21-11-4-2-5-12-21)30(20-22-13-8-9-16-24(22)28)26(31)17-10-18-33-23-14-6-3-7-15-23/h2-9,11-16,25H,10,17-20H2,1H3,(H,29,32). The van der Waals surface area contributed by atoms with Gasteiger partial charge in [-0.1, -0.05) is 66.7 Å². The molecule has 6 heteroatoms. The molecule has 0 aromatic heterocycles. The number of likely N-dealkylation sites (N-methyl/N-ethyl adjacent to an activating group) is 1. The van der Waals surface area contributed by atoms with Gasteiger partial charge in [0.25, 0.3) is 0 Å². The van der Waals surface area contributed by atoms with Crippen LogP contribution >= 0.6 is 0 Å². The molecule has 0 saturated carbocycles. The summed E-state index contributed by atoms with van der Waals surface area (Å²) in [6.45, 7) is 0.378. The third kappa shape index (κ3) is 7.17. The van der Waals surface area contributed by atoms with Crippen LogP contribution in [0.5, 0.6) is 5.75 Å². The van der Waals surface area contributed by atoms with Crippen molar-refractivity contribution in [3.8, 4) is 5.75 Å². The van der Waals surface area contributed by atoms with Gasteiger partial charge in [-0.2, -0.15) is 0 Å². The maximum absolute atomic E-state index is 14.4. The van der Waals surface area contributed by atoms with E-state index in [1.807, 2.05) is 60.7 Å². The molecule has 0 aliphatic carbocycles. The minimum atomic E-state index is -0.764. The normalized spacial score (nSPS) is 11.5. The van der Waals surface area contributed by atoms with Crippen molar-refractivity contribution in [2.75, 3.05) is 13.7 Å². The molecule has 0 heterocycles. The van der Waals surface area contributed by atoms with Crippen LogP contribution < -0.4 is 10.1 Å². The molecule has 1 unspecified atom stereocenters. The summed E-state index contributed by atoms with van der Waals surface area (Å²) in [5.74, 6) is -0.179. The molecule has 3 rings (SSSR count). The first-order valence-corrected chi connectivity index (χ1v) is 11.0. The number of nitrogens with one attached hydrogen (secondary N) is 1. The van der Waals surface area contributed by atoms with Gasteiger partial charge in [0, 0.05) is 32.0 Å². The monoisotopic (exact) mass is 448 g/mol. The van der Waals surface area contributed by atoms with E-state index >= 15 is 0 Å². The number of carbonyl (C=O) groups excluding carboxylic acids is 2. The van der Waals surface area contributed by atoms with E-state index in [9.17, 15) is 14.0 Å². The molecule has 3 aromatic rings. The number of halogens is 1. The van der Waals surface area contributed by atoms with Crippen LogP contribution in [-0.2, 0) is 22.6 Å². The Kier molecular flexibility index (Phi) is 9.00. The summed E-state index contributed by atoms with van der Waals surface area (Å²) in [6.07, 6.45) is 0.998. The summed E-state index contributed by atoms with van der Waals surface area (Å²) in [5, 5.41) is 2.66. The fraction of sp³-hybridized carbons (Fsp3) is 0.259. The first-order chi connectivity index (χ1) is 16.1. The van der Waals surface area contributed by atoms with Crippen molar-refractivity contribution in [3.05, 3.63) is 102 Å². The average Bonchev–Trinajstić information content (AvgIpc) is 2.85. The molecule has 1 N–H and O–H groups in total. The summed E-state index contributed by atoms with van der Waals surface area (Å²) in [4.78, 5) is 27.6. The van der Waals surface area contributed by atoms with E-state index in [1.165, 1.54) is 11.0 Å². The maximum Gasteiger partial charge on any atom is 0.242 e. The van der Waals surface area contributed by atoms with Gasteiger partial charge in [0.05, 0.1) is 6.61 Å². The Hall–Kier alpha value is -3.67. The number of rotatable bonds is 11. The van der Waals surface area contributed by atoms with Crippen molar-refractivity contribution in [1.29, 1.82) is 0 Å². The zero-order valence-corrected chi connectivity index (χ0v) is 18.7. The third-order valence-corrected chi connectivity index (χ3v) is 5.36. The van der Waals surface area contributed by atoms with Crippen LogP contribution in [0, 0.1) is 5.82 Å². The highest BCUT2D eigenvalue weighted by Gasteiger charge is 2.30. The van der Waals surface area contributed by atoms with E-state index in [0.29, 0.717) is 25.0 Å². The summed E-state index contributed by atoms with van der Waals surface area (Å²) in [5.41, 5.74) is 1.29. The first-order valence-electron chi connectivity index (χ1n) is 11.0. The Balaban J connectivity index is 1.76. The van der Waals surface area contributed by atoms with Crippen LogP contribution in [0.2, 0.25) is 0 Å². The third-order valence-electron chi connectivity index (χ3n) is 5.36. The van der Waals surface area contributed by atoms with E-state index in [4.69, 9.17) is 4.74 Å². The highest BCUT2D eigenvalue weighted by atomic mass is 19.1. The molecule has 0 saturated heterocycles. The van der Waals surface area contributed by atoms with Gasteiger partial charge < -0.3 is 15.0 Å². The fourth-order valence-corrected chi connectivity index (χ4v) is 3.60. The summed E-state index contributed by atoms with van der Waals surface area (Å²) in [6, 6.07) is 24.4. The van der Waals surface area contributed by atoms with Crippen LogP contribution in [0.25, 0.3) is 0 Å². The smallest absolute Gasteiger partial charge is 0.242 e. The highest BCUT2D eigenvalue weighted by molar-refractivity contribution is 5.87. The molecular weight excluding hydrogens is 419 g/mol. The number of nitrogens with zero attached hydrogens (tertiary/aromatic N) is 1. The molecule has 0 spiro atoms. The molecule has 0 fully saturated rings. The van der Waals surface area contributed by atoms with E-state index in [0.717, 1.165) is 11.3 Å². The number of hydrogen-bond donors (Lipinski definition) is 1. The van der Waals surface area contributed by atoms with Crippen molar-refractivity contribution in [3.63, 3.8) is 0 Å². The van der Waals surface area contributed by atoms with Crippen molar-refractivity contribution in [2.24, 2.45) is 0 Å². The van der Waals surface area contributed by atoms with E-state index in [2.05, 4.69) is 5.32 Å². The lowest BCUT2D eigenvalue weighted by Gasteiger charge is -2.31. The molecular formula is C27H29FN2O3. The summed E-state index contributed by atoms with van der Waals surface area (Å²) >= 11 is 0. The quantitative estimate of drug-likeness (QED) is 0.443. The molecule has 2 amide bonds.